The molecule has 0 aliphatic rings. The van der Waals surface area contributed by atoms with Gasteiger partial charge in [0, 0.05) is 6.07 Å². The number of carbonyl (C=O) groups is 1. The van der Waals surface area contributed by atoms with Crippen LogP contribution in [0.4, 0.5) is 14.5 Å². The Bertz CT molecular complexity index is 435. The first-order valence-electron chi connectivity index (χ1n) is 5.87. The first kappa shape index (κ1) is 14.4. The quantitative estimate of drug-likeness (QED) is 0.651. The van der Waals surface area contributed by atoms with E-state index in [1.807, 2.05) is 13.8 Å². The average molecular weight is 257 g/mol. The number of anilines is 1. The van der Waals surface area contributed by atoms with Gasteiger partial charge in [-0.3, -0.25) is 0 Å². The predicted molar refractivity (Wildman–Crippen MR) is 65.1 cm³/mol. The molecule has 0 aliphatic heterocycles. The van der Waals surface area contributed by atoms with E-state index in [1.54, 1.807) is 0 Å². The van der Waals surface area contributed by atoms with Gasteiger partial charge in [-0.2, -0.15) is 0 Å². The summed E-state index contributed by atoms with van der Waals surface area (Å²) in [5, 5.41) is 0. The van der Waals surface area contributed by atoms with Crippen LogP contribution in [0, 0.1) is 17.6 Å². The number of rotatable bonds is 5. The number of halogens is 2. The third kappa shape index (κ3) is 3.68. The molecule has 0 heterocycles. The van der Waals surface area contributed by atoms with Crippen LogP contribution in [-0.2, 0) is 4.74 Å². The molecule has 2 N–H and O–H groups in total. The highest BCUT2D eigenvalue weighted by Gasteiger charge is 2.17. The normalized spacial score (nSPS) is 12.2. The maximum absolute atomic E-state index is 13.4. The van der Waals surface area contributed by atoms with Crippen LogP contribution < -0.4 is 5.73 Å². The number of esters is 1. The average Bonchev–Trinajstić information content (AvgIpc) is 2.31. The van der Waals surface area contributed by atoms with Crippen molar-refractivity contribution in [2.75, 3.05) is 12.3 Å². The van der Waals surface area contributed by atoms with Crippen molar-refractivity contribution in [2.24, 2.45) is 5.92 Å². The molecule has 5 heteroatoms. The van der Waals surface area contributed by atoms with E-state index in [2.05, 4.69) is 0 Å². The van der Waals surface area contributed by atoms with Crippen LogP contribution >= 0.6 is 0 Å². The van der Waals surface area contributed by atoms with Crippen LogP contribution in [0.1, 0.15) is 37.0 Å². The summed E-state index contributed by atoms with van der Waals surface area (Å²) in [5.74, 6) is -2.46. The van der Waals surface area contributed by atoms with E-state index < -0.39 is 17.6 Å². The number of hydrogen-bond acceptors (Lipinski definition) is 3. The lowest BCUT2D eigenvalue weighted by Crippen LogP contribution is -2.14. The SMILES string of the molecule is CCCC(C)COC(=O)c1cc(N)c(F)cc1F. The van der Waals surface area contributed by atoms with Crippen LogP contribution in [0.5, 0.6) is 0 Å². The fraction of sp³-hybridized carbons (Fsp3) is 0.462. The van der Waals surface area contributed by atoms with Crippen molar-refractivity contribution in [3.63, 3.8) is 0 Å². The minimum absolute atomic E-state index is 0.208. The number of benzene rings is 1. The van der Waals surface area contributed by atoms with Gasteiger partial charge in [-0.1, -0.05) is 20.3 Å². The van der Waals surface area contributed by atoms with Crippen molar-refractivity contribution >= 4 is 11.7 Å². The number of carbonyl (C=O) groups excluding carboxylic acids is 1. The fourth-order valence-electron chi connectivity index (χ4n) is 1.59. The number of nitrogens with two attached hydrogens (primary N) is 1. The highest BCUT2D eigenvalue weighted by Crippen LogP contribution is 2.18. The molecule has 0 spiro atoms. The zero-order valence-corrected chi connectivity index (χ0v) is 10.5. The van der Waals surface area contributed by atoms with E-state index in [-0.39, 0.29) is 23.8 Å². The second kappa shape index (κ2) is 6.33. The first-order chi connectivity index (χ1) is 8.45. The van der Waals surface area contributed by atoms with Crippen LogP contribution in [0.3, 0.4) is 0 Å². The highest BCUT2D eigenvalue weighted by atomic mass is 19.1. The molecule has 0 bridgehead atoms. The lowest BCUT2D eigenvalue weighted by atomic mass is 10.1. The fourth-order valence-corrected chi connectivity index (χ4v) is 1.59. The van der Waals surface area contributed by atoms with Crippen molar-refractivity contribution < 1.29 is 18.3 Å². The standard InChI is InChI=1S/C13H17F2NO2/c1-3-4-8(2)7-18-13(17)9-5-12(16)11(15)6-10(9)14/h5-6,8H,3-4,7,16H2,1-2H3. The van der Waals surface area contributed by atoms with Crippen molar-refractivity contribution in [1.29, 1.82) is 0 Å². The third-order valence-corrected chi connectivity index (χ3v) is 2.59. The van der Waals surface area contributed by atoms with Gasteiger partial charge < -0.3 is 10.5 Å². The molecule has 1 rings (SSSR count). The summed E-state index contributed by atoms with van der Waals surface area (Å²) in [6, 6.07) is 1.54. The van der Waals surface area contributed by atoms with Gasteiger partial charge in [-0.05, 0) is 18.4 Å². The van der Waals surface area contributed by atoms with Gasteiger partial charge in [0.1, 0.15) is 11.6 Å². The monoisotopic (exact) mass is 257 g/mol. The Balaban J connectivity index is 2.70. The summed E-state index contributed by atoms with van der Waals surface area (Å²) < 4.78 is 31.2. The van der Waals surface area contributed by atoms with Crippen LogP contribution in [0.25, 0.3) is 0 Å². The second-order valence-corrected chi connectivity index (χ2v) is 4.35. The lowest BCUT2D eigenvalue weighted by molar-refractivity contribution is 0.0438. The topological polar surface area (TPSA) is 52.3 Å². The summed E-state index contributed by atoms with van der Waals surface area (Å²) in [5.41, 5.74) is 4.67. The number of hydrogen-bond donors (Lipinski definition) is 1. The van der Waals surface area contributed by atoms with Gasteiger partial charge in [-0.25, -0.2) is 13.6 Å². The molecule has 3 nitrogen and oxygen atoms in total. The van der Waals surface area contributed by atoms with Crippen molar-refractivity contribution in [1.82, 2.24) is 0 Å². The lowest BCUT2D eigenvalue weighted by Gasteiger charge is -2.11. The molecule has 1 aromatic rings. The van der Waals surface area contributed by atoms with Crippen LogP contribution in [0.15, 0.2) is 12.1 Å². The molecule has 0 amide bonds. The van der Waals surface area contributed by atoms with E-state index in [1.165, 1.54) is 0 Å². The number of ether oxygens (including phenoxy) is 1. The highest BCUT2D eigenvalue weighted by molar-refractivity contribution is 5.90. The largest absolute Gasteiger partial charge is 0.462 e. The van der Waals surface area contributed by atoms with Gasteiger partial charge >= 0.3 is 5.97 Å². The molecule has 0 saturated heterocycles. The van der Waals surface area contributed by atoms with Crippen molar-refractivity contribution in [3.05, 3.63) is 29.3 Å². The van der Waals surface area contributed by atoms with Gasteiger partial charge in [0.05, 0.1) is 17.9 Å². The molecule has 0 radical (unpaired) electrons. The summed E-state index contributed by atoms with van der Waals surface area (Å²) in [6.07, 6.45) is 1.90. The summed E-state index contributed by atoms with van der Waals surface area (Å²) in [7, 11) is 0. The maximum Gasteiger partial charge on any atom is 0.341 e. The zero-order chi connectivity index (χ0) is 13.7. The molecule has 1 aromatic carbocycles. The molecule has 100 valence electrons. The molecule has 18 heavy (non-hydrogen) atoms. The second-order valence-electron chi connectivity index (χ2n) is 4.35. The Morgan fingerprint density at radius 3 is 2.67 bits per heavy atom. The van der Waals surface area contributed by atoms with Crippen molar-refractivity contribution in [2.45, 2.75) is 26.7 Å². The van der Waals surface area contributed by atoms with E-state index in [9.17, 15) is 13.6 Å². The number of nitrogen functional groups attached to an aromatic ring is 1. The van der Waals surface area contributed by atoms with E-state index in [0.29, 0.717) is 6.07 Å². The van der Waals surface area contributed by atoms with Gasteiger partial charge in [0.2, 0.25) is 0 Å². The van der Waals surface area contributed by atoms with E-state index >= 15 is 0 Å². The molecule has 0 aromatic heterocycles. The van der Waals surface area contributed by atoms with Crippen LogP contribution in [0.2, 0.25) is 0 Å². The molecular formula is C13H17F2NO2. The maximum atomic E-state index is 13.4. The van der Waals surface area contributed by atoms with Crippen LogP contribution in [-0.4, -0.2) is 12.6 Å². The van der Waals surface area contributed by atoms with Gasteiger partial charge in [-0.15, -0.1) is 0 Å². The molecular weight excluding hydrogens is 240 g/mol. The van der Waals surface area contributed by atoms with E-state index in [0.717, 1.165) is 18.9 Å². The molecule has 0 aliphatic carbocycles. The molecule has 1 unspecified atom stereocenters. The Morgan fingerprint density at radius 1 is 1.39 bits per heavy atom. The Labute approximate surface area is 105 Å². The minimum atomic E-state index is -0.963. The smallest absolute Gasteiger partial charge is 0.341 e. The van der Waals surface area contributed by atoms with Crippen molar-refractivity contribution in [3.8, 4) is 0 Å². The summed E-state index contributed by atoms with van der Waals surface area (Å²) >= 11 is 0. The zero-order valence-electron chi connectivity index (χ0n) is 10.5. The third-order valence-electron chi connectivity index (χ3n) is 2.59. The summed E-state index contributed by atoms with van der Waals surface area (Å²) in [6.45, 7) is 4.17. The Morgan fingerprint density at radius 2 is 2.06 bits per heavy atom. The van der Waals surface area contributed by atoms with Gasteiger partial charge in [0.25, 0.3) is 0 Å². The molecule has 1 atom stereocenters. The Kier molecular flexibility index (Phi) is 5.07. The van der Waals surface area contributed by atoms with E-state index in [4.69, 9.17) is 10.5 Å². The van der Waals surface area contributed by atoms with Gasteiger partial charge in [0.15, 0.2) is 0 Å². The first-order valence-corrected chi connectivity index (χ1v) is 5.87. The predicted octanol–water partition coefficient (Wildman–Crippen LogP) is 3.14. The summed E-state index contributed by atoms with van der Waals surface area (Å²) in [4.78, 5) is 11.6. The Hall–Kier alpha value is -1.65. The molecule has 0 saturated carbocycles. The molecule has 0 fully saturated rings. The minimum Gasteiger partial charge on any atom is -0.462 e.